The van der Waals surface area contributed by atoms with Crippen LogP contribution in [0, 0.1) is 23.7 Å². The van der Waals surface area contributed by atoms with Crippen molar-refractivity contribution >= 4 is 33.6 Å². The van der Waals surface area contributed by atoms with Gasteiger partial charge in [-0.2, -0.15) is 8.42 Å². The lowest BCUT2D eigenvalue weighted by molar-refractivity contribution is -0.120. The third-order valence-corrected chi connectivity index (χ3v) is 23.2. The molecule has 0 saturated carbocycles. The van der Waals surface area contributed by atoms with Crippen molar-refractivity contribution in [1.29, 1.82) is 0 Å². The third-order valence-electron chi connectivity index (χ3n) is 21.8. The summed E-state index contributed by atoms with van der Waals surface area (Å²) in [6, 6.07) is -1.19. The van der Waals surface area contributed by atoms with Gasteiger partial charge in [0.1, 0.15) is 24.6 Å². The number of hydrogen-bond acceptors (Lipinski definition) is 25. The number of nitrogens with zero attached hydrogens (tertiary/aromatic N) is 2. The summed E-state index contributed by atoms with van der Waals surface area (Å²) >= 11 is 1.68. The molecule has 109 heavy (non-hydrogen) atoms. The Balaban J connectivity index is 1.31. The smallest absolute Gasteiger partial charge is 0.397 e. The van der Waals surface area contributed by atoms with Gasteiger partial charge in [-0.25, -0.2) is 18.9 Å². The van der Waals surface area contributed by atoms with E-state index in [4.69, 9.17) is 33.5 Å². The lowest BCUT2D eigenvalue weighted by Gasteiger charge is -2.35. The molecule has 2 aliphatic heterocycles. The van der Waals surface area contributed by atoms with Crippen LogP contribution in [0.5, 0.6) is 0 Å². The van der Waals surface area contributed by atoms with E-state index in [1.54, 1.807) is 32.3 Å². The first-order valence-corrected chi connectivity index (χ1v) is 43.4. The molecule has 0 aromatic carbocycles. The van der Waals surface area contributed by atoms with Crippen LogP contribution in [0.1, 0.15) is 313 Å². The van der Waals surface area contributed by atoms with Crippen LogP contribution in [0.15, 0.2) is 39.9 Å². The van der Waals surface area contributed by atoms with Gasteiger partial charge in [0.25, 0.3) is 0 Å². The van der Waals surface area contributed by atoms with Crippen LogP contribution in [0.2, 0.25) is 0 Å². The number of cyclic esters (lactones) is 1. The number of aliphatic hydroxyl groups excluding tert-OH is 12. The number of aliphatic hydroxyl groups is 12. The minimum Gasteiger partial charge on any atom is -0.456 e. The van der Waals surface area contributed by atoms with Crippen molar-refractivity contribution in [3.05, 3.63) is 57.7 Å². The summed E-state index contributed by atoms with van der Waals surface area (Å²) < 4.78 is 64.4. The van der Waals surface area contributed by atoms with Gasteiger partial charge < -0.3 is 91.0 Å². The van der Waals surface area contributed by atoms with Gasteiger partial charge in [0.15, 0.2) is 11.6 Å². The molecule has 2 bridgehead atoms. The molecule has 2 aliphatic rings. The second-order valence-electron chi connectivity index (χ2n) is 32.5. The Labute approximate surface area is 654 Å². The Hall–Kier alpha value is -3.47. The number of nitrogens with one attached hydrogen (secondary N) is 1. The third kappa shape index (κ3) is 42.6. The molecule has 1 saturated heterocycles. The van der Waals surface area contributed by atoms with Crippen LogP contribution in [-0.4, -0.2) is 213 Å². The van der Waals surface area contributed by atoms with Gasteiger partial charge in [0, 0.05) is 42.9 Å². The molecule has 1 fully saturated rings. The number of rotatable bonds is 33. The maximum absolute atomic E-state index is 14.3. The molecule has 5 unspecified atom stereocenters. The quantitative estimate of drug-likeness (QED) is 0.0104. The number of oxazole rings is 1. The highest BCUT2D eigenvalue weighted by Gasteiger charge is 2.40. The molecule has 2 aromatic heterocycles. The second kappa shape index (κ2) is 53.6. The Morgan fingerprint density at radius 1 is 0.651 bits per heavy atom. The number of aromatic nitrogens is 2. The van der Waals surface area contributed by atoms with E-state index in [1.165, 1.54) is 64.9 Å². The first-order valence-electron chi connectivity index (χ1n) is 41.2. The van der Waals surface area contributed by atoms with Crippen LogP contribution in [0.3, 0.4) is 0 Å². The molecule has 23 atom stereocenters. The van der Waals surface area contributed by atoms with Crippen molar-refractivity contribution in [3.8, 4) is 0 Å². The zero-order valence-electron chi connectivity index (χ0n) is 66.8. The molecule has 1 amide bonds. The normalized spacial score (nSPS) is 29.4. The number of fused-ring (bicyclic) bond motifs is 2. The van der Waals surface area contributed by atoms with E-state index >= 15 is 0 Å². The number of aryl methyl sites for hydroxylation is 2. The van der Waals surface area contributed by atoms with Gasteiger partial charge >= 0.3 is 16.4 Å². The van der Waals surface area contributed by atoms with E-state index < -0.39 is 126 Å². The highest BCUT2D eigenvalue weighted by molar-refractivity contribution is 7.80. The maximum Gasteiger partial charge on any atom is 0.397 e. The zero-order valence-corrected chi connectivity index (χ0v) is 68.4. The number of allylic oxidation sites excluding steroid dienone is 1. The van der Waals surface area contributed by atoms with Crippen molar-refractivity contribution < 1.29 is 107 Å². The molecular weight excluding hydrogens is 1450 g/mol. The number of unbranched alkanes of at least 4 members (excludes halogenated alkanes) is 7. The molecule has 632 valence electrons. The molecule has 0 radical (unpaired) electrons. The average molecular weight is 1590 g/mol. The summed E-state index contributed by atoms with van der Waals surface area (Å²) in [4.78, 5) is 37.3. The van der Waals surface area contributed by atoms with Crippen LogP contribution >= 0.6 is 11.3 Å². The van der Waals surface area contributed by atoms with Crippen molar-refractivity contribution in [3.63, 3.8) is 0 Å². The van der Waals surface area contributed by atoms with E-state index in [0.717, 1.165) is 49.1 Å². The first kappa shape index (κ1) is 97.9. The van der Waals surface area contributed by atoms with E-state index in [9.17, 15) is 83.8 Å². The fourth-order valence-electron chi connectivity index (χ4n) is 14.9. The van der Waals surface area contributed by atoms with Gasteiger partial charge in [-0.3, -0.25) is 9.35 Å². The topological polar surface area (TPSA) is 445 Å². The number of nitrogens with two attached hydrogens (primary N) is 1. The van der Waals surface area contributed by atoms with E-state index in [1.807, 2.05) is 19.1 Å². The molecule has 28 heteroatoms. The number of carbonyl (C=O) groups is 2. The zero-order chi connectivity index (χ0) is 80.6. The summed E-state index contributed by atoms with van der Waals surface area (Å²) in [5.74, 6) is -2.94. The molecule has 0 aliphatic carbocycles. The highest BCUT2D eigenvalue weighted by atomic mass is 32.3. The Kier molecular flexibility index (Phi) is 48.2. The number of ether oxygens (including phenoxy) is 3. The molecule has 26 nitrogen and oxygen atoms in total. The van der Waals surface area contributed by atoms with Gasteiger partial charge in [-0.05, 0) is 212 Å². The van der Waals surface area contributed by atoms with E-state index in [2.05, 4.69) is 29.5 Å². The Bertz CT molecular complexity index is 2920. The summed E-state index contributed by atoms with van der Waals surface area (Å²) in [6.07, 6.45) is 12.9. The Morgan fingerprint density at radius 3 is 1.83 bits per heavy atom. The first-order chi connectivity index (χ1) is 51.7. The van der Waals surface area contributed by atoms with Crippen molar-refractivity contribution in [1.82, 2.24) is 15.3 Å². The molecule has 0 spiro atoms. The SMILES string of the molecule is COC1C=C[C@@H](C)CC[C@@H](O)C[C@@H](O)CCC[C@@H](O)CCCCC(C)C(OS(=O)(=O)O)C(NC(=O)/C(C)=C\[C@H](C)[C@@H](O)C[C@H](O)C[C@@H](O)CCC[C@@H](O)C[C@H](O)C[C@H](O)C[C@@H]2O[C@H](c3csc(CCCCCCCCCC[C@@H](C)N)n3)CC[C@@H]2C)C(C)OC(=O)c2coc(n2)CCC[C@H](O)C[C@H](O)CCC[C@H](O)C1. The van der Waals surface area contributed by atoms with Gasteiger partial charge in [0.2, 0.25) is 5.91 Å². The number of esters is 1. The molecule has 16 N–H and O–H groups in total. The van der Waals surface area contributed by atoms with Crippen molar-refractivity contribution in [2.24, 2.45) is 29.4 Å². The van der Waals surface area contributed by atoms with Gasteiger partial charge in [-0.15, -0.1) is 11.3 Å². The molecule has 2 aromatic rings. The van der Waals surface area contributed by atoms with Crippen LogP contribution in [0.4, 0.5) is 0 Å². The summed E-state index contributed by atoms with van der Waals surface area (Å²) in [5.41, 5.74) is 6.57. The molecular formula is C81H144N4O22S2. The van der Waals surface area contributed by atoms with Gasteiger partial charge in [-0.1, -0.05) is 104 Å². The highest BCUT2D eigenvalue weighted by Crippen LogP contribution is 2.38. The molecule has 4 rings (SSSR count). The molecule has 4 heterocycles. The Morgan fingerprint density at radius 2 is 1.21 bits per heavy atom. The number of hydrogen-bond donors (Lipinski definition) is 15. The predicted molar refractivity (Wildman–Crippen MR) is 419 cm³/mol. The fraction of sp³-hybridized carbons (Fsp3) is 0.852. The monoisotopic (exact) mass is 1590 g/mol. The average Bonchev–Trinajstić information content (AvgIpc) is 1.78. The summed E-state index contributed by atoms with van der Waals surface area (Å²) in [7, 11) is -3.68. The fourth-order valence-corrected chi connectivity index (χ4v) is 16.4. The van der Waals surface area contributed by atoms with E-state index in [-0.39, 0.29) is 124 Å². The van der Waals surface area contributed by atoms with Crippen LogP contribution in [-0.2, 0) is 46.4 Å². The standard InChI is InChI=1S/C81H144N4O22S2/c1-52-35-38-66(93)43-61(88)27-19-26-59(86)25-18-17-23-54(3)79(107-109(100,101)102)78(58(7)105-81(99)71-50-104-76(83-71)33-22-32-62(89)42-60(87)28-21-31-65(92)47-70(103-8)39-36-52)85-80(98)56(5)41-55(4)73(97)48-68(95)45-64(91)30-20-29-63(90)44-67(94)46-69(96)49-75-53(2)37-40-74(106-75)72-51-108-77(84-72)34-16-14-12-10-9-11-13-15-24-57(6)82/h36,39,41,50-55,57-70,73-75,78-79,86-97H,9-35,37-38,40,42-49,82H2,1-8H3,(H,85,98)(H,100,101,102)/b39-36?,56-41-/t52-,53-,54?,55-,57+,58?,59-,60+,61-,62-,63+,64-,65-,66+,67-,68+,69-,70?,73-,74-,75-,78?,79?/m0/s1. The minimum atomic E-state index is -5.24. The number of carbonyl (C=O) groups excluding carboxylic acids is 2. The number of thiazole rings is 1. The lowest BCUT2D eigenvalue weighted by Crippen LogP contribution is -2.55. The van der Waals surface area contributed by atoms with Crippen LogP contribution in [0.25, 0.3) is 0 Å². The largest absolute Gasteiger partial charge is 0.456 e. The number of amides is 1. The maximum atomic E-state index is 14.3. The number of methoxy groups -OCH3 is 1. The van der Waals surface area contributed by atoms with Crippen molar-refractivity contribution in [2.75, 3.05) is 7.11 Å². The summed E-state index contributed by atoms with van der Waals surface area (Å²) in [6.45, 7) is 12.2. The van der Waals surface area contributed by atoms with Crippen molar-refractivity contribution in [2.45, 2.75) is 408 Å². The van der Waals surface area contributed by atoms with Crippen LogP contribution < -0.4 is 11.1 Å². The minimum absolute atomic E-state index is 0.0201. The van der Waals surface area contributed by atoms with Gasteiger partial charge in [0.05, 0.1) is 102 Å². The summed E-state index contributed by atoms with van der Waals surface area (Å²) in [5, 5.41) is 137. The predicted octanol–water partition coefficient (Wildman–Crippen LogP) is 10.4. The second-order valence-corrected chi connectivity index (χ2v) is 34.5. The lowest BCUT2D eigenvalue weighted by atomic mass is 9.88. The van der Waals surface area contributed by atoms with E-state index in [0.29, 0.717) is 96.3 Å².